The number of carbonyl (C=O) groups is 2. The first-order chi connectivity index (χ1) is 11.5. The van der Waals surface area contributed by atoms with Gasteiger partial charge in [-0.05, 0) is 42.9 Å². The van der Waals surface area contributed by atoms with Gasteiger partial charge < -0.3 is 19.5 Å². The predicted molar refractivity (Wildman–Crippen MR) is 91.6 cm³/mol. The molecule has 0 bridgehead atoms. The lowest BCUT2D eigenvalue weighted by Gasteiger charge is -2.11. The van der Waals surface area contributed by atoms with E-state index in [4.69, 9.17) is 21.7 Å². The molecule has 24 heavy (non-hydrogen) atoms. The van der Waals surface area contributed by atoms with E-state index in [0.29, 0.717) is 18.1 Å². The summed E-state index contributed by atoms with van der Waals surface area (Å²) < 4.78 is 15.3. The fourth-order valence-corrected chi connectivity index (χ4v) is 2.38. The zero-order chi connectivity index (χ0) is 17.7. The minimum absolute atomic E-state index is 0.162. The smallest absolute Gasteiger partial charge is 0.325 e. The van der Waals surface area contributed by atoms with Crippen LogP contribution in [-0.2, 0) is 14.3 Å². The highest BCUT2D eigenvalue weighted by atomic mass is 32.1. The molecule has 0 aromatic heterocycles. The second kappa shape index (κ2) is 7.78. The third-order valence-electron chi connectivity index (χ3n) is 3.28. The van der Waals surface area contributed by atoms with Crippen LogP contribution < -0.4 is 14.8 Å². The summed E-state index contributed by atoms with van der Waals surface area (Å²) in [5.74, 6) is 0.246. The molecule has 1 saturated heterocycles. The van der Waals surface area contributed by atoms with Gasteiger partial charge in [-0.15, -0.1) is 0 Å². The lowest BCUT2D eigenvalue weighted by molar-refractivity contribution is -0.143. The summed E-state index contributed by atoms with van der Waals surface area (Å²) in [6.45, 7) is 2.17. The van der Waals surface area contributed by atoms with Gasteiger partial charge in [0.1, 0.15) is 12.2 Å². The minimum atomic E-state index is -0.545. The maximum atomic E-state index is 12.3. The van der Waals surface area contributed by atoms with Gasteiger partial charge in [-0.25, -0.2) is 0 Å². The maximum absolute atomic E-state index is 12.3. The van der Waals surface area contributed by atoms with Gasteiger partial charge in [-0.2, -0.15) is 0 Å². The molecule has 1 aromatic rings. The average molecular weight is 350 g/mol. The third-order valence-corrected chi connectivity index (χ3v) is 3.60. The molecule has 1 fully saturated rings. The molecule has 0 saturated carbocycles. The molecular weight excluding hydrogens is 332 g/mol. The number of esters is 1. The van der Waals surface area contributed by atoms with Crippen molar-refractivity contribution in [3.05, 3.63) is 29.5 Å². The standard InChI is InChI=1S/C16H18N2O5S/c1-4-23-12-6-5-10(8-13(12)21-2)7-11-15(20)18(16(24)17-11)9-14(19)22-3/h5-8H,4,9H2,1-3H3,(H,17,24)/b11-7-. The Kier molecular flexibility index (Phi) is 5.75. The second-order valence-electron chi connectivity index (χ2n) is 4.80. The van der Waals surface area contributed by atoms with Gasteiger partial charge in [0.15, 0.2) is 16.6 Å². The maximum Gasteiger partial charge on any atom is 0.325 e. The van der Waals surface area contributed by atoms with Crippen LogP contribution >= 0.6 is 12.2 Å². The van der Waals surface area contributed by atoms with Crippen LogP contribution in [0.25, 0.3) is 6.08 Å². The van der Waals surface area contributed by atoms with Crippen LogP contribution in [0.4, 0.5) is 0 Å². The lowest BCUT2D eigenvalue weighted by Crippen LogP contribution is -2.35. The summed E-state index contributed by atoms with van der Waals surface area (Å²) in [5.41, 5.74) is 1.00. The van der Waals surface area contributed by atoms with E-state index in [1.54, 1.807) is 31.4 Å². The van der Waals surface area contributed by atoms with Gasteiger partial charge in [-0.3, -0.25) is 14.5 Å². The van der Waals surface area contributed by atoms with E-state index in [-0.39, 0.29) is 17.4 Å². The van der Waals surface area contributed by atoms with E-state index in [1.807, 2.05) is 6.92 Å². The summed E-state index contributed by atoms with van der Waals surface area (Å²) in [5, 5.41) is 2.96. The molecule has 7 nitrogen and oxygen atoms in total. The van der Waals surface area contributed by atoms with Crippen molar-refractivity contribution in [3.8, 4) is 11.5 Å². The normalized spacial score (nSPS) is 15.5. The highest BCUT2D eigenvalue weighted by molar-refractivity contribution is 7.80. The molecular formula is C16H18N2O5S. The van der Waals surface area contributed by atoms with Crippen LogP contribution in [0.15, 0.2) is 23.9 Å². The van der Waals surface area contributed by atoms with Crippen LogP contribution in [-0.4, -0.2) is 49.3 Å². The van der Waals surface area contributed by atoms with Crippen molar-refractivity contribution in [1.82, 2.24) is 10.2 Å². The van der Waals surface area contributed by atoms with Crippen LogP contribution in [0.3, 0.4) is 0 Å². The van der Waals surface area contributed by atoms with Crippen LogP contribution in [0, 0.1) is 0 Å². The zero-order valence-corrected chi connectivity index (χ0v) is 14.4. The van der Waals surface area contributed by atoms with Gasteiger partial charge in [-0.1, -0.05) is 6.07 Å². The molecule has 1 aromatic carbocycles. The molecule has 0 atom stereocenters. The quantitative estimate of drug-likeness (QED) is 0.471. The Labute approximate surface area is 145 Å². The SMILES string of the molecule is CCOc1ccc(/C=C2\NC(=S)N(CC(=O)OC)C2=O)cc1OC. The number of ether oxygens (including phenoxy) is 3. The van der Waals surface area contributed by atoms with E-state index in [1.165, 1.54) is 7.11 Å². The Morgan fingerprint density at radius 1 is 1.33 bits per heavy atom. The molecule has 0 aliphatic carbocycles. The topological polar surface area (TPSA) is 77.1 Å². The van der Waals surface area contributed by atoms with Gasteiger partial charge in [0.05, 0.1) is 20.8 Å². The summed E-state index contributed by atoms with van der Waals surface area (Å²) in [6, 6.07) is 5.30. The number of nitrogens with zero attached hydrogens (tertiary/aromatic N) is 1. The Bertz CT molecular complexity index is 702. The molecule has 128 valence electrons. The number of rotatable bonds is 6. The minimum Gasteiger partial charge on any atom is -0.493 e. The number of nitrogens with one attached hydrogen (secondary N) is 1. The molecule has 1 N–H and O–H groups in total. The molecule has 1 amide bonds. The Morgan fingerprint density at radius 2 is 2.08 bits per heavy atom. The van der Waals surface area contributed by atoms with E-state index in [2.05, 4.69) is 10.1 Å². The second-order valence-corrected chi connectivity index (χ2v) is 5.19. The number of carbonyl (C=O) groups excluding carboxylic acids is 2. The van der Waals surface area contributed by atoms with E-state index in [9.17, 15) is 9.59 Å². The number of amides is 1. The molecule has 0 radical (unpaired) electrons. The van der Waals surface area contributed by atoms with Crippen molar-refractivity contribution >= 4 is 35.3 Å². The summed E-state index contributed by atoms with van der Waals surface area (Å²) >= 11 is 5.08. The number of hydrogen-bond acceptors (Lipinski definition) is 6. The largest absolute Gasteiger partial charge is 0.493 e. The predicted octanol–water partition coefficient (Wildman–Crippen LogP) is 1.32. The Balaban J connectivity index is 2.24. The van der Waals surface area contributed by atoms with Crippen LogP contribution in [0.2, 0.25) is 0 Å². The fourth-order valence-electron chi connectivity index (χ4n) is 2.12. The monoisotopic (exact) mass is 350 g/mol. The van der Waals surface area contributed by atoms with Crippen molar-refractivity contribution in [2.75, 3.05) is 27.4 Å². The first kappa shape index (κ1) is 17.7. The summed E-state index contributed by atoms with van der Waals surface area (Å²) in [7, 11) is 2.79. The van der Waals surface area contributed by atoms with Crippen molar-refractivity contribution in [2.24, 2.45) is 0 Å². The average Bonchev–Trinajstić information content (AvgIpc) is 2.83. The lowest BCUT2D eigenvalue weighted by atomic mass is 10.1. The number of hydrogen-bond donors (Lipinski definition) is 1. The van der Waals surface area contributed by atoms with Gasteiger partial charge >= 0.3 is 5.97 Å². The first-order valence-corrected chi connectivity index (χ1v) is 7.63. The van der Waals surface area contributed by atoms with Crippen LogP contribution in [0.5, 0.6) is 11.5 Å². The van der Waals surface area contributed by atoms with Crippen molar-refractivity contribution < 1.29 is 23.8 Å². The molecule has 1 heterocycles. The highest BCUT2D eigenvalue weighted by Gasteiger charge is 2.32. The molecule has 8 heteroatoms. The third kappa shape index (κ3) is 3.83. The zero-order valence-electron chi connectivity index (χ0n) is 13.6. The molecule has 1 aliphatic rings. The summed E-state index contributed by atoms with van der Waals surface area (Å²) in [6.07, 6.45) is 1.63. The fraction of sp³-hybridized carbons (Fsp3) is 0.312. The van der Waals surface area contributed by atoms with E-state index < -0.39 is 11.9 Å². The number of methoxy groups -OCH3 is 2. The summed E-state index contributed by atoms with van der Waals surface area (Å²) in [4.78, 5) is 24.8. The molecule has 2 rings (SSSR count). The Hall–Kier alpha value is -2.61. The van der Waals surface area contributed by atoms with E-state index >= 15 is 0 Å². The highest BCUT2D eigenvalue weighted by Crippen LogP contribution is 2.29. The van der Waals surface area contributed by atoms with Crippen molar-refractivity contribution in [1.29, 1.82) is 0 Å². The van der Waals surface area contributed by atoms with E-state index in [0.717, 1.165) is 10.5 Å². The van der Waals surface area contributed by atoms with Gasteiger partial charge in [0.25, 0.3) is 5.91 Å². The number of thiocarbonyl (C=S) groups is 1. The number of benzene rings is 1. The first-order valence-electron chi connectivity index (χ1n) is 7.22. The Morgan fingerprint density at radius 3 is 2.71 bits per heavy atom. The molecule has 0 spiro atoms. The van der Waals surface area contributed by atoms with Crippen molar-refractivity contribution in [3.63, 3.8) is 0 Å². The van der Waals surface area contributed by atoms with Gasteiger partial charge in [0.2, 0.25) is 0 Å². The van der Waals surface area contributed by atoms with Crippen LogP contribution in [0.1, 0.15) is 12.5 Å². The van der Waals surface area contributed by atoms with Crippen molar-refractivity contribution in [2.45, 2.75) is 6.92 Å². The van der Waals surface area contributed by atoms with Gasteiger partial charge in [0, 0.05) is 0 Å². The molecule has 1 aliphatic heterocycles. The molecule has 0 unspecified atom stereocenters.